The highest BCUT2D eigenvalue weighted by atomic mass is 35.5. The van der Waals surface area contributed by atoms with Crippen LogP contribution in [0.5, 0.6) is 5.75 Å². The van der Waals surface area contributed by atoms with E-state index in [0.29, 0.717) is 13.2 Å². The van der Waals surface area contributed by atoms with Gasteiger partial charge < -0.3 is 14.8 Å². The van der Waals surface area contributed by atoms with Crippen molar-refractivity contribution in [3.05, 3.63) is 29.8 Å². The van der Waals surface area contributed by atoms with Crippen molar-refractivity contribution >= 4 is 18.5 Å². The summed E-state index contributed by atoms with van der Waals surface area (Å²) in [6, 6.07) is 7.78. The smallest absolute Gasteiger partial charge is 0.407 e. The van der Waals surface area contributed by atoms with Crippen molar-refractivity contribution in [2.45, 2.75) is 26.8 Å². The number of nitrogens with one attached hydrogen (secondary N) is 1. The van der Waals surface area contributed by atoms with Crippen LogP contribution in [0, 0.1) is 5.41 Å². The highest BCUT2D eigenvalue weighted by Gasteiger charge is 2.37. The Balaban J connectivity index is 0.00000180. The van der Waals surface area contributed by atoms with Gasteiger partial charge >= 0.3 is 6.09 Å². The minimum absolute atomic E-state index is 0. The summed E-state index contributed by atoms with van der Waals surface area (Å²) in [7, 11) is 0. The van der Waals surface area contributed by atoms with Gasteiger partial charge in [0, 0.05) is 5.41 Å². The number of alkyl carbamates (subject to hydrolysis) is 1. The summed E-state index contributed by atoms with van der Waals surface area (Å²) in [5.41, 5.74) is 0.904. The molecule has 1 N–H and O–H groups in total. The maximum absolute atomic E-state index is 11.4. The van der Waals surface area contributed by atoms with E-state index in [1.807, 2.05) is 31.2 Å². The van der Waals surface area contributed by atoms with Gasteiger partial charge in [-0.25, -0.2) is 4.79 Å². The molecule has 1 aliphatic heterocycles. The molecule has 4 nitrogen and oxygen atoms in total. The second kappa shape index (κ2) is 6.15. The molecule has 1 fully saturated rings. The fourth-order valence-electron chi connectivity index (χ4n) is 2.17. The van der Waals surface area contributed by atoms with Gasteiger partial charge in [-0.3, -0.25) is 0 Å². The minimum atomic E-state index is -0.360. The van der Waals surface area contributed by atoms with Gasteiger partial charge in [0.15, 0.2) is 0 Å². The van der Waals surface area contributed by atoms with Crippen LogP contribution < -0.4 is 10.1 Å². The Kier molecular flexibility index (Phi) is 5.06. The number of ether oxygens (including phenoxy) is 2. The third-order valence-electron chi connectivity index (χ3n) is 3.12. The quantitative estimate of drug-likeness (QED) is 0.927. The molecule has 0 radical (unpaired) electrons. The van der Waals surface area contributed by atoms with Gasteiger partial charge in [0.05, 0.1) is 12.6 Å². The lowest BCUT2D eigenvalue weighted by atomic mass is 9.80. The zero-order chi connectivity index (χ0) is 13.2. The molecular weight excluding hydrogens is 266 g/mol. The van der Waals surface area contributed by atoms with Crippen LogP contribution in [0.2, 0.25) is 0 Å². The molecule has 0 saturated carbocycles. The van der Waals surface area contributed by atoms with E-state index >= 15 is 0 Å². The summed E-state index contributed by atoms with van der Waals surface area (Å²) in [4.78, 5) is 11.4. The van der Waals surface area contributed by atoms with Gasteiger partial charge in [0.1, 0.15) is 12.4 Å². The summed E-state index contributed by atoms with van der Waals surface area (Å²) < 4.78 is 10.5. The third kappa shape index (κ3) is 3.53. The number of cyclic esters (lactones) is 1. The van der Waals surface area contributed by atoms with Crippen LogP contribution in [0.3, 0.4) is 0 Å². The Labute approximate surface area is 119 Å². The fraction of sp³-hybridized carbons (Fsp3) is 0.500. The molecule has 0 aliphatic carbocycles. The first-order valence-electron chi connectivity index (χ1n) is 6.19. The molecule has 0 bridgehead atoms. The third-order valence-corrected chi connectivity index (χ3v) is 3.12. The van der Waals surface area contributed by atoms with Crippen LogP contribution in [-0.4, -0.2) is 19.3 Å². The van der Waals surface area contributed by atoms with Crippen LogP contribution in [0.15, 0.2) is 24.3 Å². The molecule has 2 rings (SSSR count). The number of benzene rings is 1. The van der Waals surface area contributed by atoms with E-state index in [4.69, 9.17) is 9.47 Å². The monoisotopic (exact) mass is 285 g/mol. The van der Waals surface area contributed by atoms with Gasteiger partial charge in [-0.05, 0) is 24.6 Å². The Morgan fingerprint density at radius 3 is 2.89 bits per heavy atom. The van der Waals surface area contributed by atoms with Gasteiger partial charge in [0.2, 0.25) is 0 Å². The molecule has 106 valence electrons. The van der Waals surface area contributed by atoms with E-state index in [0.717, 1.165) is 11.3 Å². The first kappa shape index (κ1) is 15.6. The van der Waals surface area contributed by atoms with Crippen LogP contribution in [0.1, 0.15) is 32.4 Å². The molecule has 1 atom stereocenters. The Morgan fingerprint density at radius 2 is 2.21 bits per heavy atom. The topological polar surface area (TPSA) is 47.6 Å². The van der Waals surface area contributed by atoms with Crippen molar-refractivity contribution in [1.82, 2.24) is 5.32 Å². The fourth-order valence-corrected chi connectivity index (χ4v) is 2.17. The number of hydrogen-bond donors (Lipinski definition) is 1. The van der Waals surface area contributed by atoms with Gasteiger partial charge in [-0.2, -0.15) is 0 Å². The van der Waals surface area contributed by atoms with E-state index in [1.54, 1.807) is 0 Å². The number of hydrogen-bond acceptors (Lipinski definition) is 3. The summed E-state index contributed by atoms with van der Waals surface area (Å²) in [6.07, 6.45) is -0.360. The van der Waals surface area contributed by atoms with Crippen LogP contribution in [0.4, 0.5) is 4.79 Å². The summed E-state index contributed by atoms with van der Waals surface area (Å²) in [5, 5.41) is 2.88. The molecule has 1 aromatic carbocycles. The van der Waals surface area contributed by atoms with Crippen molar-refractivity contribution in [3.8, 4) is 5.75 Å². The van der Waals surface area contributed by atoms with E-state index in [-0.39, 0.29) is 30.0 Å². The van der Waals surface area contributed by atoms with Crippen molar-refractivity contribution < 1.29 is 14.3 Å². The maximum Gasteiger partial charge on any atom is 0.407 e. The zero-order valence-corrected chi connectivity index (χ0v) is 12.3. The molecule has 1 aromatic rings. The molecule has 0 unspecified atom stereocenters. The summed E-state index contributed by atoms with van der Waals surface area (Å²) >= 11 is 0. The Bertz CT molecular complexity index is 448. The van der Waals surface area contributed by atoms with Crippen molar-refractivity contribution in [3.63, 3.8) is 0 Å². The molecule has 0 aromatic heterocycles. The largest absolute Gasteiger partial charge is 0.494 e. The average Bonchev–Trinajstić information content (AvgIpc) is 2.33. The Morgan fingerprint density at radius 1 is 1.47 bits per heavy atom. The molecule has 1 heterocycles. The molecule has 1 amide bonds. The van der Waals surface area contributed by atoms with Gasteiger partial charge in [0.25, 0.3) is 0 Å². The number of halogens is 1. The predicted octanol–water partition coefficient (Wildman–Crippen LogP) is 3.31. The van der Waals surface area contributed by atoms with Crippen molar-refractivity contribution in [2.24, 2.45) is 5.41 Å². The molecular formula is C14H20ClNO3. The zero-order valence-electron chi connectivity index (χ0n) is 11.4. The van der Waals surface area contributed by atoms with E-state index in [1.165, 1.54) is 0 Å². The van der Waals surface area contributed by atoms with Gasteiger partial charge in [-0.15, -0.1) is 12.4 Å². The van der Waals surface area contributed by atoms with Gasteiger partial charge in [-0.1, -0.05) is 26.0 Å². The lowest BCUT2D eigenvalue weighted by Crippen LogP contribution is -2.46. The molecule has 1 aliphatic rings. The first-order chi connectivity index (χ1) is 8.53. The van der Waals surface area contributed by atoms with E-state index in [9.17, 15) is 4.79 Å². The SMILES string of the molecule is CCOc1cccc([C@H]2NC(=O)OCC2(C)C)c1.Cl. The lowest BCUT2D eigenvalue weighted by Gasteiger charge is -2.38. The first-order valence-corrected chi connectivity index (χ1v) is 6.19. The summed E-state index contributed by atoms with van der Waals surface area (Å²) in [5.74, 6) is 0.826. The second-order valence-electron chi connectivity index (χ2n) is 5.15. The normalized spacial score (nSPS) is 20.8. The number of amides is 1. The number of carbonyl (C=O) groups excluding carboxylic acids is 1. The molecule has 0 spiro atoms. The maximum atomic E-state index is 11.4. The minimum Gasteiger partial charge on any atom is -0.494 e. The molecule has 19 heavy (non-hydrogen) atoms. The average molecular weight is 286 g/mol. The highest BCUT2D eigenvalue weighted by Crippen LogP contribution is 2.37. The standard InChI is InChI=1S/C14H19NO3.ClH/c1-4-17-11-7-5-6-10(8-11)12-14(2,3)9-18-13(16)15-12;/h5-8,12H,4,9H2,1-3H3,(H,15,16);1H/t12-;/m1./s1. The number of carbonyl (C=O) groups is 1. The van der Waals surface area contributed by atoms with Crippen molar-refractivity contribution in [2.75, 3.05) is 13.2 Å². The lowest BCUT2D eigenvalue weighted by molar-refractivity contribution is 0.0386. The van der Waals surface area contributed by atoms with Crippen molar-refractivity contribution in [1.29, 1.82) is 0 Å². The number of rotatable bonds is 3. The van der Waals surface area contributed by atoms with Crippen LogP contribution in [-0.2, 0) is 4.74 Å². The van der Waals surface area contributed by atoms with E-state index in [2.05, 4.69) is 19.2 Å². The molecule has 1 saturated heterocycles. The predicted molar refractivity (Wildman–Crippen MR) is 75.9 cm³/mol. The second-order valence-corrected chi connectivity index (χ2v) is 5.15. The highest BCUT2D eigenvalue weighted by molar-refractivity contribution is 5.85. The molecule has 5 heteroatoms. The summed E-state index contributed by atoms with van der Waals surface area (Å²) in [6.45, 7) is 7.15. The van der Waals surface area contributed by atoms with Crippen LogP contribution >= 0.6 is 12.4 Å². The van der Waals surface area contributed by atoms with E-state index < -0.39 is 0 Å². The Hall–Kier alpha value is -1.42. The van der Waals surface area contributed by atoms with Crippen LogP contribution in [0.25, 0.3) is 0 Å².